The topological polar surface area (TPSA) is 12.2 Å². The lowest BCUT2D eigenvalue weighted by molar-refractivity contribution is -0.462. The van der Waals surface area contributed by atoms with Crippen molar-refractivity contribution in [3.05, 3.63) is 95.1 Å². The van der Waals surface area contributed by atoms with Crippen LogP contribution in [0, 0.1) is 6.92 Å². The highest BCUT2D eigenvalue weighted by Gasteiger charge is 2.14. The minimum Gasteiger partial charge on any atom is -0.497 e. The van der Waals surface area contributed by atoms with Crippen LogP contribution in [-0.4, -0.2) is 31.5 Å². The molecule has 0 unspecified atom stereocenters. The van der Waals surface area contributed by atoms with Gasteiger partial charge in [0.2, 0.25) is 0 Å². The van der Waals surface area contributed by atoms with E-state index >= 15 is 0 Å². The highest BCUT2D eigenvalue weighted by molar-refractivity contribution is 6.04. The molecule has 2 aromatic carbocycles. The lowest BCUT2D eigenvalue weighted by Gasteiger charge is -2.16. The normalized spacial score (nSPS) is 13.1. The molecule has 0 amide bonds. The number of ether oxygens (including phenoxy) is 1. The average molecular weight is 330 g/mol. The molecule has 0 radical (unpaired) electrons. The summed E-state index contributed by atoms with van der Waals surface area (Å²) in [4.78, 5) is 0. The first-order valence-corrected chi connectivity index (χ1v) is 8.45. The number of nitrogens with zero attached hydrogens (tertiary/aromatic N) is 1. The average Bonchev–Trinajstić information content (AvgIpc) is 2.64. The minimum absolute atomic E-state index is 0.871. The fourth-order valence-electron chi connectivity index (χ4n) is 3.01. The largest absolute Gasteiger partial charge is 0.497 e. The van der Waals surface area contributed by atoms with Crippen LogP contribution < -0.4 is 4.74 Å². The van der Waals surface area contributed by atoms with Crippen molar-refractivity contribution in [2.45, 2.75) is 6.92 Å². The van der Waals surface area contributed by atoms with Crippen LogP contribution in [0.25, 0.3) is 5.57 Å². The molecule has 0 fully saturated rings. The Balaban J connectivity index is 2.18. The zero-order valence-corrected chi connectivity index (χ0v) is 15.3. The summed E-state index contributed by atoms with van der Waals surface area (Å²) in [5.41, 5.74) is 7.36. The molecule has 1 aliphatic rings. The van der Waals surface area contributed by atoms with Gasteiger partial charge in [-0.25, -0.2) is 4.58 Å². The molecule has 0 spiro atoms. The number of benzene rings is 2. The zero-order chi connectivity index (χ0) is 17.8. The number of allylic oxidation sites excluding steroid dienone is 5. The molecule has 2 nitrogen and oxygen atoms in total. The van der Waals surface area contributed by atoms with Crippen LogP contribution in [0.5, 0.6) is 5.75 Å². The molecule has 0 saturated heterocycles. The Hall–Kier alpha value is -2.87. The molecule has 0 aliphatic heterocycles. The van der Waals surface area contributed by atoms with Gasteiger partial charge in [0, 0.05) is 12.2 Å². The highest BCUT2D eigenvalue weighted by Crippen LogP contribution is 2.32. The number of hydrogen-bond donors (Lipinski definition) is 0. The van der Waals surface area contributed by atoms with E-state index in [1.165, 1.54) is 33.5 Å². The number of aryl methyl sites for hydroxylation is 1. The number of methoxy groups -OCH3 is 1. The Morgan fingerprint density at radius 1 is 0.840 bits per heavy atom. The third-order valence-electron chi connectivity index (χ3n) is 4.47. The lowest BCUT2D eigenvalue weighted by Crippen LogP contribution is -2.10. The van der Waals surface area contributed by atoms with Gasteiger partial charge in [-0.05, 0) is 59.0 Å². The first-order chi connectivity index (χ1) is 12.1. The van der Waals surface area contributed by atoms with Gasteiger partial charge < -0.3 is 4.74 Å². The molecular formula is C23H24NO+. The fourth-order valence-corrected chi connectivity index (χ4v) is 3.01. The Morgan fingerprint density at radius 2 is 1.48 bits per heavy atom. The summed E-state index contributed by atoms with van der Waals surface area (Å²) < 4.78 is 7.43. The summed E-state index contributed by atoms with van der Waals surface area (Å²) in [6.07, 6.45) is 8.72. The summed E-state index contributed by atoms with van der Waals surface area (Å²) in [5.74, 6) is 0.871. The van der Waals surface area contributed by atoms with Gasteiger partial charge in [-0.1, -0.05) is 36.4 Å². The molecule has 3 rings (SSSR count). The Bertz CT molecular complexity index is 874. The number of hydrogen-bond acceptors (Lipinski definition) is 1. The minimum atomic E-state index is 0.871. The second-order valence-corrected chi connectivity index (χ2v) is 6.36. The standard InChI is InChI=1S/C23H24NO/c1-17-7-5-6-8-22(17)23(19-11-15-21(25-4)16-12-19)18-9-13-20(14-10-18)24(2)3/h5-16H,1-4H3/q+1. The Labute approximate surface area is 150 Å². The molecule has 0 bridgehead atoms. The molecule has 2 heteroatoms. The molecule has 25 heavy (non-hydrogen) atoms. The molecule has 0 saturated carbocycles. The Morgan fingerprint density at radius 3 is 2.04 bits per heavy atom. The second-order valence-electron chi connectivity index (χ2n) is 6.36. The summed E-state index contributed by atoms with van der Waals surface area (Å²) in [7, 11) is 5.82. The highest BCUT2D eigenvalue weighted by atomic mass is 16.5. The quantitative estimate of drug-likeness (QED) is 0.747. The molecule has 0 heterocycles. The maximum Gasteiger partial charge on any atom is 0.199 e. The fraction of sp³-hybridized carbons (Fsp3) is 0.174. The molecule has 0 N–H and O–H groups in total. The van der Waals surface area contributed by atoms with Crippen molar-refractivity contribution in [1.29, 1.82) is 0 Å². The molecule has 2 aromatic rings. The predicted octanol–water partition coefficient (Wildman–Crippen LogP) is 4.64. The van der Waals surface area contributed by atoms with Crippen LogP contribution in [0.15, 0.2) is 78.4 Å². The van der Waals surface area contributed by atoms with Crippen molar-refractivity contribution in [2.24, 2.45) is 0 Å². The van der Waals surface area contributed by atoms with Gasteiger partial charge in [-0.3, -0.25) is 0 Å². The van der Waals surface area contributed by atoms with Crippen LogP contribution in [-0.2, 0) is 0 Å². The lowest BCUT2D eigenvalue weighted by atomic mass is 9.88. The van der Waals surface area contributed by atoms with Gasteiger partial charge in [0.05, 0.1) is 7.11 Å². The zero-order valence-electron chi connectivity index (χ0n) is 15.3. The maximum atomic E-state index is 5.31. The van der Waals surface area contributed by atoms with Crippen LogP contribution >= 0.6 is 0 Å². The van der Waals surface area contributed by atoms with Gasteiger partial charge in [0.25, 0.3) is 0 Å². The molecular weight excluding hydrogens is 306 g/mol. The predicted molar refractivity (Wildman–Crippen MR) is 106 cm³/mol. The van der Waals surface area contributed by atoms with E-state index in [0.717, 1.165) is 5.75 Å². The molecule has 126 valence electrons. The van der Waals surface area contributed by atoms with Gasteiger partial charge >= 0.3 is 0 Å². The van der Waals surface area contributed by atoms with Gasteiger partial charge in [0.1, 0.15) is 19.8 Å². The molecule has 1 aliphatic carbocycles. The first-order valence-electron chi connectivity index (χ1n) is 8.45. The van der Waals surface area contributed by atoms with E-state index in [1.807, 2.05) is 12.1 Å². The summed E-state index contributed by atoms with van der Waals surface area (Å²) in [6, 6.07) is 16.8. The molecule has 0 atom stereocenters. The van der Waals surface area contributed by atoms with Crippen LogP contribution in [0.3, 0.4) is 0 Å². The smallest absolute Gasteiger partial charge is 0.199 e. The van der Waals surface area contributed by atoms with Crippen molar-refractivity contribution in [1.82, 2.24) is 0 Å². The summed E-state index contributed by atoms with van der Waals surface area (Å²) in [6.45, 7) is 2.16. The summed E-state index contributed by atoms with van der Waals surface area (Å²) in [5, 5.41) is 0. The van der Waals surface area contributed by atoms with Crippen molar-refractivity contribution < 1.29 is 9.31 Å². The molecule has 0 aromatic heterocycles. The SMILES string of the molecule is COc1ccc(C(=C2C=CC(=[N+](C)C)C=C2)c2ccccc2C)cc1. The van der Waals surface area contributed by atoms with Crippen LogP contribution in [0.1, 0.15) is 16.7 Å². The van der Waals surface area contributed by atoms with E-state index in [0.29, 0.717) is 0 Å². The van der Waals surface area contributed by atoms with E-state index in [2.05, 4.69) is 86.3 Å². The Kier molecular flexibility index (Phi) is 4.99. The van der Waals surface area contributed by atoms with Crippen molar-refractivity contribution >= 4 is 11.3 Å². The third kappa shape index (κ3) is 3.63. The van der Waals surface area contributed by atoms with Gasteiger partial charge in [-0.2, -0.15) is 0 Å². The van der Waals surface area contributed by atoms with Crippen molar-refractivity contribution in [3.63, 3.8) is 0 Å². The van der Waals surface area contributed by atoms with E-state index in [-0.39, 0.29) is 0 Å². The van der Waals surface area contributed by atoms with E-state index < -0.39 is 0 Å². The van der Waals surface area contributed by atoms with Crippen LogP contribution in [0.4, 0.5) is 0 Å². The second kappa shape index (κ2) is 7.35. The van der Waals surface area contributed by atoms with E-state index in [9.17, 15) is 0 Å². The van der Waals surface area contributed by atoms with Gasteiger partial charge in [-0.15, -0.1) is 0 Å². The monoisotopic (exact) mass is 330 g/mol. The van der Waals surface area contributed by atoms with Gasteiger partial charge in [0.15, 0.2) is 5.71 Å². The van der Waals surface area contributed by atoms with E-state index in [4.69, 9.17) is 4.74 Å². The van der Waals surface area contributed by atoms with Crippen LogP contribution in [0.2, 0.25) is 0 Å². The third-order valence-corrected chi connectivity index (χ3v) is 4.47. The van der Waals surface area contributed by atoms with E-state index in [1.54, 1.807) is 7.11 Å². The van der Waals surface area contributed by atoms with Crippen molar-refractivity contribution in [2.75, 3.05) is 21.2 Å². The number of rotatable bonds is 3. The van der Waals surface area contributed by atoms with Crippen molar-refractivity contribution in [3.8, 4) is 5.75 Å². The first kappa shape index (κ1) is 17.0. The summed E-state index contributed by atoms with van der Waals surface area (Å²) >= 11 is 0. The maximum absolute atomic E-state index is 5.31.